The van der Waals surface area contributed by atoms with E-state index in [-0.39, 0.29) is 5.56 Å². The van der Waals surface area contributed by atoms with E-state index < -0.39 is 17.7 Å². The standard InChI is InChI=1S/C14H16F2N2O/c1-3-9-8-12(18(4-2)17-9)14(19)10-6-5-7-11(15)13(10)16/h5-8,14,19H,3-4H2,1-2H3. The fraction of sp³-hybridized carbons (Fsp3) is 0.357. The van der Waals surface area contributed by atoms with E-state index in [1.165, 1.54) is 12.1 Å². The molecule has 2 aromatic rings. The number of rotatable bonds is 4. The Kier molecular flexibility index (Phi) is 3.95. The number of halogens is 2. The summed E-state index contributed by atoms with van der Waals surface area (Å²) >= 11 is 0. The highest BCUT2D eigenvalue weighted by Crippen LogP contribution is 2.26. The lowest BCUT2D eigenvalue weighted by molar-refractivity contribution is 0.201. The quantitative estimate of drug-likeness (QED) is 0.924. The van der Waals surface area contributed by atoms with E-state index in [1.807, 2.05) is 13.8 Å². The minimum absolute atomic E-state index is 0.0720. The first-order valence-electron chi connectivity index (χ1n) is 6.27. The summed E-state index contributed by atoms with van der Waals surface area (Å²) in [5.41, 5.74) is 1.22. The second-order valence-corrected chi connectivity index (χ2v) is 4.28. The van der Waals surface area contributed by atoms with Gasteiger partial charge >= 0.3 is 0 Å². The highest BCUT2D eigenvalue weighted by atomic mass is 19.2. The lowest BCUT2D eigenvalue weighted by atomic mass is 10.1. The number of aryl methyl sites for hydroxylation is 2. The van der Waals surface area contributed by atoms with Crippen LogP contribution in [0.2, 0.25) is 0 Å². The van der Waals surface area contributed by atoms with Crippen LogP contribution >= 0.6 is 0 Å². The predicted molar refractivity (Wildman–Crippen MR) is 67.7 cm³/mol. The molecule has 1 aromatic carbocycles. The first kappa shape index (κ1) is 13.7. The molecule has 1 aromatic heterocycles. The van der Waals surface area contributed by atoms with E-state index in [1.54, 1.807) is 10.7 Å². The van der Waals surface area contributed by atoms with Crippen molar-refractivity contribution in [2.75, 3.05) is 0 Å². The van der Waals surface area contributed by atoms with Gasteiger partial charge < -0.3 is 5.11 Å². The Hall–Kier alpha value is -1.75. The molecule has 2 rings (SSSR count). The number of hydrogen-bond acceptors (Lipinski definition) is 2. The molecule has 1 atom stereocenters. The van der Waals surface area contributed by atoms with E-state index in [9.17, 15) is 13.9 Å². The maximum Gasteiger partial charge on any atom is 0.165 e. The van der Waals surface area contributed by atoms with Gasteiger partial charge in [0.1, 0.15) is 6.10 Å². The third-order valence-corrected chi connectivity index (χ3v) is 3.08. The smallest absolute Gasteiger partial charge is 0.165 e. The van der Waals surface area contributed by atoms with Crippen molar-refractivity contribution in [3.8, 4) is 0 Å². The van der Waals surface area contributed by atoms with E-state index in [2.05, 4.69) is 5.10 Å². The van der Waals surface area contributed by atoms with Crippen LogP contribution in [0.15, 0.2) is 24.3 Å². The van der Waals surface area contributed by atoms with Crippen molar-refractivity contribution in [2.24, 2.45) is 0 Å². The Balaban J connectivity index is 2.46. The number of aliphatic hydroxyl groups excluding tert-OH is 1. The van der Waals surface area contributed by atoms with Crippen LogP contribution in [-0.2, 0) is 13.0 Å². The van der Waals surface area contributed by atoms with Crippen molar-refractivity contribution in [1.29, 1.82) is 0 Å². The summed E-state index contributed by atoms with van der Waals surface area (Å²) in [6, 6.07) is 5.50. The minimum Gasteiger partial charge on any atom is -0.382 e. The van der Waals surface area contributed by atoms with Crippen LogP contribution in [0.3, 0.4) is 0 Å². The van der Waals surface area contributed by atoms with Crippen molar-refractivity contribution >= 4 is 0 Å². The molecule has 5 heteroatoms. The van der Waals surface area contributed by atoms with Gasteiger partial charge in [-0.15, -0.1) is 0 Å². The number of aliphatic hydroxyl groups is 1. The topological polar surface area (TPSA) is 38.0 Å². The molecule has 0 amide bonds. The maximum absolute atomic E-state index is 13.7. The van der Waals surface area contributed by atoms with Crippen LogP contribution < -0.4 is 0 Å². The predicted octanol–water partition coefficient (Wildman–Crippen LogP) is 2.83. The molecule has 1 N–H and O–H groups in total. The van der Waals surface area contributed by atoms with Crippen molar-refractivity contribution in [3.05, 3.63) is 52.9 Å². The fourth-order valence-electron chi connectivity index (χ4n) is 2.02. The molecule has 1 heterocycles. The average molecular weight is 266 g/mol. The molecule has 0 bridgehead atoms. The van der Waals surface area contributed by atoms with Gasteiger partial charge in [-0.05, 0) is 25.5 Å². The van der Waals surface area contributed by atoms with Crippen LogP contribution in [0.25, 0.3) is 0 Å². The summed E-state index contributed by atoms with van der Waals surface area (Å²) in [6.45, 7) is 4.38. The minimum atomic E-state index is -1.22. The molecule has 0 saturated carbocycles. The third-order valence-electron chi connectivity index (χ3n) is 3.08. The fourth-order valence-corrected chi connectivity index (χ4v) is 2.02. The molecule has 0 fully saturated rings. The van der Waals surface area contributed by atoms with Gasteiger partial charge in [0.25, 0.3) is 0 Å². The Morgan fingerprint density at radius 1 is 1.32 bits per heavy atom. The van der Waals surface area contributed by atoms with Gasteiger partial charge in [-0.3, -0.25) is 4.68 Å². The SMILES string of the molecule is CCc1cc(C(O)c2cccc(F)c2F)n(CC)n1. The molecular weight excluding hydrogens is 250 g/mol. The molecule has 0 saturated heterocycles. The van der Waals surface area contributed by atoms with Gasteiger partial charge in [0.05, 0.1) is 11.4 Å². The van der Waals surface area contributed by atoms with Crippen molar-refractivity contribution < 1.29 is 13.9 Å². The maximum atomic E-state index is 13.7. The van der Waals surface area contributed by atoms with Crippen LogP contribution in [0.4, 0.5) is 8.78 Å². The Labute approximate surface area is 110 Å². The molecule has 102 valence electrons. The first-order chi connectivity index (χ1) is 9.08. The van der Waals surface area contributed by atoms with Gasteiger partial charge in [0.2, 0.25) is 0 Å². The van der Waals surface area contributed by atoms with Crippen LogP contribution in [0.5, 0.6) is 0 Å². The molecule has 19 heavy (non-hydrogen) atoms. The van der Waals surface area contributed by atoms with Crippen molar-refractivity contribution in [2.45, 2.75) is 32.9 Å². The summed E-state index contributed by atoms with van der Waals surface area (Å²) in [6.07, 6.45) is -0.498. The van der Waals surface area contributed by atoms with Crippen LogP contribution in [0.1, 0.15) is 36.9 Å². The van der Waals surface area contributed by atoms with Gasteiger partial charge in [-0.1, -0.05) is 19.1 Å². The second kappa shape index (κ2) is 5.48. The Bertz CT molecular complexity index is 581. The van der Waals surface area contributed by atoms with E-state index in [0.29, 0.717) is 12.2 Å². The van der Waals surface area contributed by atoms with Gasteiger partial charge in [-0.2, -0.15) is 5.10 Å². The number of aromatic nitrogens is 2. The summed E-state index contributed by atoms with van der Waals surface area (Å²) in [5.74, 6) is -1.98. The highest BCUT2D eigenvalue weighted by Gasteiger charge is 2.21. The van der Waals surface area contributed by atoms with E-state index >= 15 is 0 Å². The Morgan fingerprint density at radius 3 is 2.68 bits per heavy atom. The lowest BCUT2D eigenvalue weighted by Crippen LogP contribution is -2.11. The third kappa shape index (κ3) is 2.51. The largest absolute Gasteiger partial charge is 0.382 e. The summed E-state index contributed by atoms with van der Waals surface area (Å²) in [7, 11) is 0. The molecule has 0 radical (unpaired) electrons. The zero-order chi connectivity index (χ0) is 14.0. The molecular formula is C14H16F2N2O. The summed E-state index contributed by atoms with van der Waals surface area (Å²) < 4.78 is 28.5. The van der Waals surface area contributed by atoms with E-state index in [0.717, 1.165) is 18.2 Å². The molecule has 3 nitrogen and oxygen atoms in total. The van der Waals surface area contributed by atoms with Gasteiger partial charge in [0.15, 0.2) is 11.6 Å². The normalized spacial score (nSPS) is 12.7. The lowest BCUT2D eigenvalue weighted by Gasteiger charge is -2.13. The van der Waals surface area contributed by atoms with Crippen molar-refractivity contribution in [3.63, 3.8) is 0 Å². The number of hydrogen-bond donors (Lipinski definition) is 1. The summed E-state index contributed by atoms with van der Waals surface area (Å²) in [5, 5.41) is 14.5. The summed E-state index contributed by atoms with van der Waals surface area (Å²) in [4.78, 5) is 0. The molecule has 0 aliphatic carbocycles. The monoisotopic (exact) mass is 266 g/mol. The zero-order valence-electron chi connectivity index (χ0n) is 10.9. The number of benzene rings is 1. The number of nitrogens with zero attached hydrogens (tertiary/aromatic N) is 2. The van der Waals surface area contributed by atoms with Crippen LogP contribution in [0, 0.1) is 11.6 Å². The molecule has 0 spiro atoms. The Morgan fingerprint density at radius 2 is 2.05 bits per heavy atom. The molecule has 0 aliphatic heterocycles. The average Bonchev–Trinajstić information content (AvgIpc) is 2.84. The molecule has 0 aliphatic rings. The molecule has 1 unspecified atom stereocenters. The highest BCUT2D eigenvalue weighted by molar-refractivity contribution is 5.29. The second-order valence-electron chi connectivity index (χ2n) is 4.28. The van der Waals surface area contributed by atoms with Crippen LogP contribution in [-0.4, -0.2) is 14.9 Å². The van der Waals surface area contributed by atoms with Crippen molar-refractivity contribution in [1.82, 2.24) is 9.78 Å². The zero-order valence-corrected chi connectivity index (χ0v) is 10.9. The van der Waals surface area contributed by atoms with Gasteiger partial charge in [-0.25, -0.2) is 8.78 Å². The van der Waals surface area contributed by atoms with E-state index in [4.69, 9.17) is 0 Å². The first-order valence-corrected chi connectivity index (χ1v) is 6.27. The van der Waals surface area contributed by atoms with Gasteiger partial charge in [0, 0.05) is 12.1 Å².